The van der Waals surface area contributed by atoms with Crippen LogP contribution in [-0.4, -0.2) is 35.4 Å². The lowest BCUT2D eigenvalue weighted by Gasteiger charge is -2.09. The van der Waals surface area contributed by atoms with Gasteiger partial charge in [0.15, 0.2) is 6.61 Å². The molecule has 1 N–H and O–H groups in total. The van der Waals surface area contributed by atoms with Gasteiger partial charge < -0.3 is 14.8 Å². The Morgan fingerprint density at radius 2 is 1.82 bits per heavy atom. The molecule has 0 aromatic heterocycles. The van der Waals surface area contributed by atoms with Crippen LogP contribution in [-0.2, 0) is 9.53 Å². The first kappa shape index (κ1) is 20.6. The molecule has 1 amide bonds. The van der Waals surface area contributed by atoms with E-state index in [0.29, 0.717) is 0 Å². The summed E-state index contributed by atoms with van der Waals surface area (Å²) in [4.78, 5) is 44.3. The normalized spacial score (nSPS) is 10.1. The zero-order chi connectivity index (χ0) is 20.8. The van der Waals surface area contributed by atoms with Crippen LogP contribution in [0.25, 0.3) is 0 Å². The molecule has 2 rings (SSSR count). The summed E-state index contributed by atoms with van der Waals surface area (Å²) in [5.41, 5.74) is -1.00. The van der Waals surface area contributed by atoms with Gasteiger partial charge in [-0.2, -0.15) is 0 Å². The molecule has 28 heavy (non-hydrogen) atoms. The SMILES string of the molecule is COc1ccc(NC(=O)COC(=O)c2ccc([N+](=O)[O-])cc2Cl)c([N+](=O)[O-])c1. The van der Waals surface area contributed by atoms with Crippen molar-refractivity contribution in [2.45, 2.75) is 0 Å². The Morgan fingerprint density at radius 1 is 1.11 bits per heavy atom. The molecule has 0 heterocycles. The molecule has 0 aliphatic rings. The predicted octanol–water partition coefficient (Wildman–Crippen LogP) is 2.96. The number of carbonyl (C=O) groups is 2. The maximum atomic E-state index is 12.0. The number of halogens is 1. The Bertz CT molecular complexity index is 963. The number of methoxy groups -OCH3 is 1. The van der Waals surface area contributed by atoms with Crippen LogP contribution in [0.1, 0.15) is 10.4 Å². The van der Waals surface area contributed by atoms with E-state index in [0.717, 1.165) is 24.3 Å². The van der Waals surface area contributed by atoms with Crippen LogP contribution in [0.15, 0.2) is 36.4 Å². The molecule has 146 valence electrons. The van der Waals surface area contributed by atoms with E-state index in [1.54, 1.807) is 0 Å². The van der Waals surface area contributed by atoms with Crippen molar-refractivity contribution in [1.82, 2.24) is 0 Å². The van der Waals surface area contributed by atoms with Crippen molar-refractivity contribution in [2.75, 3.05) is 19.0 Å². The quantitative estimate of drug-likeness (QED) is 0.416. The number of esters is 1. The molecule has 11 nitrogen and oxygen atoms in total. The Labute approximate surface area is 162 Å². The van der Waals surface area contributed by atoms with Crippen molar-refractivity contribution in [3.05, 3.63) is 67.2 Å². The van der Waals surface area contributed by atoms with Gasteiger partial charge in [-0.15, -0.1) is 0 Å². The number of non-ortho nitro benzene ring substituents is 1. The Kier molecular flexibility index (Phi) is 6.45. The second-order valence-corrected chi connectivity index (χ2v) is 5.59. The molecule has 0 bridgehead atoms. The predicted molar refractivity (Wildman–Crippen MR) is 96.7 cm³/mol. The van der Waals surface area contributed by atoms with Crippen LogP contribution < -0.4 is 10.1 Å². The first-order valence-electron chi connectivity index (χ1n) is 7.46. The zero-order valence-electron chi connectivity index (χ0n) is 14.2. The molecule has 0 saturated carbocycles. The standard InChI is InChI=1S/C16H12ClN3O8/c1-27-10-3-5-13(14(7-10)20(25)26)18-15(21)8-28-16(22)11-4-2-9(19(23)24)6-12(11)17/h2-7H,8H2,1H3,(H,18,21). The Balaban J connectivity index is 2.04. The summed E-state index contributed by atoms with van der Waals surface area (Å²) in [6.07, 6.45) is 0. The number of anilines is 1. The van der Waals surface area contributed by atoms with Gasteiger partial charge in [0.25, 0.3) is 17.3 Å². The first-order valence-corrected chi connectivity index (χ1v) is 7.84. The zero-order valence-corrected chi connectivity index (χ0v) is 15.0. The van der Waals surface area contributed by atoms with Crippen LogP contribution in [0.2, 0.25) is 5.02 Å². The van der Waals surface area contributed by atoms with E-state index in [-0.39, 0.29) is 27.7 Å². The van der Waals surface area contributed by atoms with E-state index in [1.165, 1.54) is 19.2 Å². The maximum absolute atomic E-state index is 12.0. The highest BCUT2D eigenvalue weighted by molar-refractivity contribution is 6.33. The monoisotopic (exact) mass is 409 g/mol. The smallest absolute Gasteiger partial charge is 0.340 e. The minimum absolute atomic E-state index is 0.111. The fourth-order valence-electron chi connectivity index (χ4n) is 2.07. The highest BCUT2D eigenvalue weighted by Crippen LogP contribution is 2.29. The van der Waals surface area contributed by atoms with Gasteiger partial charge in [-0.3, -0.25) is 25.0 Å². The van der Waals surface area contributed by atoms with Crippen LogP contribution in [0.5, 0.6) is 5.75 Å². The largest absolute Gasteiger partial charge is 0.496 e. The topological polar surface area (TPSA) is 151 Å². The van der Waals surface area contributed by atoms with Gasteiger partial charge in [-0.25, -0.2) is 4.79 Å². The summed E-state index contributed by atoms with van der Waals surface area (Å²) >= 11 is 5.80. The second kappa shape index (κ2) is 8.77. The molecule has 12 heteroatoms. The molecule has 0 aliphatic heterocycles. The van der Waals surface area contributed by atoms with Gasteiger partial charge in [0.1, 0.15) is 11.4 Å². The number of hydrogen-bond acceptors (Lipinski definition) is 8. The third-order valence-electron chi connectivity index (χ3n) is 3.39. The minimum atomic E-state index is -0.987. The van der Waals surface area contributed by atoms with Gasteiger partial charge >= 0.3 is 5.97 Å². The average molecular weight is 410 g/mol. The molecular weight excluding hydrogens is 398 g/mol. The fraction of sp³-hybridized carbons (Fsp3) is 0.125. The number of hydrogen-bond donors (Lipinski definition) is 1. The number of carbonyl (C=O) groups excluding carboxylic acids is 2. The summed E-state index contributed by atoms with van der Waals surface area (Å²) in [6.45, 7) is -0.755. The van der Waals surface area contributed by atoms with Gasteiger partial charge in [0.05, 0.1) is 33.6 Å². The molecule has 2 aromatic rings. The van der Waals surface area contributed by atoms with Gasteiger partial charge in [0, 0.05) is 12.1 Å². The van der Waals surface area contributed by atoms with E-state index in [1.807, 2.05) is 0 Å². The van der Waals surface area contributed by atoms with Crippen molar-refractivity contribution in [3.63, 3.8) is 0 Å². The van der Waals surface area contributed by atoms with Gasteiger partial charge in [-0.1, -0.05) is 11.6 Å². The van der Waals surface area contributed by atoms with E-state index < -0.39 is 34.0 Å². The highest BCUT2D eigenvalue weighted by atomic mass is 35.5. The summed E-state index contributed by atoms with van der Waals surface area (Å²) in [7, 11) is 1.33. The lowest BCUT2D eigenvalue weighted by atomic mass is 10.2. The van der Waals surface area contributed by atoms with Crippen molar-refractivity contribution < 1.29 is 28.9 Å². The lowest BCUT2D eigenvalue weighted by Crippen LogP contribution is -2.21. The van der Waals surface area contributed by atoms with Crippen molar-refractivity contribution in [1.29, 1.82) is 0 Å². The van der Waals surface area contributed by atoms with Crippen LogP contribution in [0.4, 0.5) is 17.1 Å². The van der Waals surface area contributed by atoms with E-state index in [4.69, 9.17) is 21.1 Å². The number of rotatable bonds is 7. The summed E-state index contributed by atoms with van der Waals surface area (Å²) < 4.78 is 9.67. The van der Waals surface area contributed by atoms with Crippen molar-refractivity contribution in [2.24, 2.45) is 0 Å². The molecule has 0 fully saturated rings. The lowest BCUT2D eigenvalue weighted by molar-refractivity contribution is -0.384. The summed E-state index contributed by atoms with van der Waals surface area (Å²) in [5.74, 6) is -1.59. The maximum Gasteiger partial charge on any atom is 0.340 e. The molecule has 2 aromatic carbocycles. The number of nitrogens with zero attached hydrogens (tertiary/aromatic N) is 2. The number of ether oxygens (including phenoxy) is 2. The molecule has 0 spiro atoms. The average Bonchev–Trinajstić information content (AvgIpc) is 2.66. The minimum Gasteiger partial charge on any atom is -0.496 e. The second-order valence-electron chi connectivity index (χ2n) is 5.19. The number of nitro benzene ring substituents is 2. The van der Waals surface area contributed by atoms with Crippen LogP contribution in [0, 0.1) is 20.2 Å². The molecule has 0 radical (unpaired) electrons. The number of nitro groups is 2. The molecule has 0 atom stereocenters. The third kappa shape index (κ3) is 4.92. The van der Waals surface area contributed by atoms with Gasteiger partial charge in [-0.05, 0) is 18.2 Å². The van der Waals surface area contributed by atoms with Crippen molar-refractivity contribution in [3.8, 4) is 5.75 Å². The molecule has 0 aliphatic carbocycles. The van der Waals surface area contributed by atoms with Crippen molar-refractivity contribution >= 4 is 40.5 Å². The van der Waals surface area contributed by atoms with E-state index >= 15 is 0 Å². The first-order chi connectivity index (χ1) is 13.2. The number of benzene rings is 2. The summed E-state index contributed by atoms with van der Waals surface area (Å²) in [5, 5.41) is 23.8. The number of nitrogens with one attached hydrogen (secondary N) is 1. The van der Waals surface area contributed by atoms with E-state index in [2.05, 4.69) is 5.32 Å². The van der Waals surface area contributed by atoms with E-state index in [9.17, 15) is 29.8 Å². The fourth-order valence-corrected chi connectivity index (χ4v) is 2.33. The molecular formula is C16H12ClN3O8. The highest BCUT2D eigenvalue weighted by Gasteiger charge is 2.20. The number of amides is 1. The molecule has 0 saturated heterocycles. The van der Waals surface area contributed by atoms with Crippen LogP contribution in [0.3, 0.4) is 0 Å². The summed E-state index contributed by atoms with van der Waals surface area (Å²) in [6, 6.07) is 6.92. The Morgan fingerprint density at radius 3 is 2.39 bits per heavy atom. The molecule has 0 unspecified atom stereocenters. The Hall–Kier alpha value is -3.73. The van der Waals surface area contributed by atoms with Crippen LogP contribution >= 0.6 is 11.6 Å². The van der Waals surface area contributed by atoms with Gasteiger partial charge in [0.2, 0.25) is 0 Å². The third-order valence-corrected chi connectivity index (χ3v) is 3.71.